The third kappa shape index (κ3) is 4.57. The minimum absolute atomic E-state index is 0.00911. The summed E-state index contributed by atoms with van der Waals surface area (Å²) < 4.78 is 1.55. The van der Waals surface area contributed by atoms with Crippen LogP contribution in [0, 0.1) is 10.1 Å². The zero-order valence-corrected chi connectivity index (χ0v) is 17.2. The number of non-ortho nitro benzene ring substituents is 1. The number of hydrogen-bond acceptors (Lipinski definition) is 6. The fourth-order valence-corrected chi connectivity index (χ4v) is 3.87. The maximum Gasteiger partial charge on any atom is 0.271 e. The zero-order valence-electron chi connectivity index (χ0n) is 15.6. The molecule has 0 aliphatic heterocycles. The quantitative estimate of drug-likeness (QED) is 0.270. The minimum Gasteiger partial charge on any atom is -0.324 e. The highest BCUT2D eigenvalue weighted by molar-refractivity contribution is 7.99. The topological polar surface area (TPSA) is 107 Å². The molecule has 1 aromatic heterocycles. The van der Waals surface area contributed by atoms with E-state index in [0.717, 1.165) is 11.8 Å². The number of benzene rings is 2. The van der Waals surface area contributed by atoms with E-state index in [1.165, 1.54) is 18.2 Å². The van der Waals surface area contributed by atoms with Crippen molar-refractivity contribution in [2.24, 2.45) is 0 Å². The summed E-state index contributed by atoms with van der Waals surface area (Å²) in [6.45, 7) is 3.75. The summed E-state index contributed by atoms with van der Waals surface area (Å²) in [5.74, 6) is -0.381. The second-order valence-electron chi connectivity index (χ2n) is 6.44. The third-order valence-electron chi connectivity index (χ3n) is 4.06. The van der Waals surface area contributed by atoms with Gasteiger partial charge in [0.15, 0.2) is 5.16 Å². The van der Waals surface area contributed by atoms with Crippen molar-refractivity contribution < 1.29 is 9.72 Å². The van der Waals surface area contributed by atoms with Crippen molar-refractivity contribution in [1.29, 1.82) is 0 Å². The first kappa shape index (κ1) is 20.8. The Labute approximate surface area is 175 Å². The van der Waals surface area contributed by atoms with Gasteiger partial charge in [0, 0.05) is 18.2 Å². The molecule has 0 saturated carbocycles. The van der Waals surface area contributed by atoms with Crippen LogP contribution >= 0.6 is 23.4 Å². The highest BCUT2D eigenvalue weighted by Gasteiger charge is 2.16. The van der Waals surface area contributed by atoms with E-state index < -0.39 is 4.92 Å². The van der Waals surface area contributed by atoms with Crippen molar-refractivity contribution >= 4 is 51.5 Å². The molecule has 1 amide bonds. The zero-order chi connectivity index (χ0) is 21.1. The normalized spacial score (nSPS) is 11.0. The summed E-state index contributed by atoms with van der Waals surface area (Å²) in [4.78, 5) is 39.9. The molecule has 3 aromatic rings. The molecule has 0 spiro atoms. The molecule has 150 valence electrons. The van der Waals surface area contributed by atoms with E-state index in [9.17, 15) is 19.7 Å². The SMILES string of the molecule is CC(C)n1c(SCC(=O)Nc2ccc([N+](=O)[O-])cc2Cl)nc2ccccc2c1=O. The lowest BCUT2D eigenvalue weighted by Crippen LogP contribution is -2.25. The summed E-state index contributed by atoms with van der Waals surface area (Å²) in [7, 11) is 0. The van der Waals surface area contributed by atoms with Gasteiger partial charge in [0.05, 0.1) is 32.3 Å². The number of carbonyl (C=O) groups is 1. The van der Waals surface area contributed by atoms with Crippen molar-refractivity contribution in [2.45, 2.75) is 25.0 Å². The summed E-state index contributed by atoms with van der Waals surface area (Å²) >= 11 is 7.14. The lowest BCUT2D eigenvalue weighted by Gasteiger charge is -2.16. The Kier molecular flexibility index (Phi) is 6.19. The van der Waals surface area contributed by atoms with Crippen LogP contribution in [0.4, 0.5) is 11.4 Å². The summed E-state index contributed by atoms with van der Waals surface area (Å²) in [6.07, 6.45) is 0. The van der Waals surface area contributed by atoms with Crippen LogP contribution in [-0.4, -0.2) is 26.1 Å². The van der Waals surface area contributed by atoms with Gasteiger partial charge in [0.1, 0.15) is 0 Å². The first-order chi connectivity index (χ1) is 13.8. The summed E-state index contributed by atoms with van der Waals surface area (Å²) in [5, 5.41) is 14.4. The van der Waals surface area contributed by atoms with E-state index in [0.29, 0.717) is 16.1 Å². The van der Waals surface area contributed by atoms with Gasteiger partial charge < -0.3 is 5.32 Å². The number of nitrogens with one attached hydrogen (secondary N) is 1. The largest absolute Gasteiger partial charge is 0.324 e. The number of nitrogens with zero attached hydrogens (tertiary/aromatic N) is 3. The number of thioether (sulfide) groups is 1. The van der Waals surface area contributed by atoms with E-state index in [2.05, 4.69) is 10.3 Å². The van der Waals surface area contributed by atoms with Crippen LogP contribution in [0.15, 0.2) is 52.4 Å². The van der Waals surface area contributed by atoms with E-state index in [1.807, 2.05) is 13.8 Å². The number of carbonyl (C=O) groups excluding carboxylic acids is 1. The molecule has 0 fully saturated rings. The lowest BCUT2D eigenvalue weighted by atomic mass is 10.2. The van der Waals surface area contributed by atoms with Crippen LogP contribution in [0.5, 0.6) is 0 Å². The molecular weight excluding hydrogens is 416 g/mol. The number of nitro groups is 1. The monoisotopic (exact) mass is 432 g/mol. The van der Waals surface area contributed by atoms with Gasteiger partial charge in [-0.1, -0.05) is 35.5 Å². The molecule has 2 aromatic carbocycles. The fraction of sp³-hybridized carbons (Fsp3) is 0.211. The molecular formula is C19H17ClN4O4S. The van der Waals surface area contributed by atoms with Gasteiger partial charge in [0.2, 0.25) is 5.91 Å². The number of halogens is 1. The predicted molar refractivity (Wildman–Crippen MR) is 114 cm³/mol. The molecule has 3 rings (SSSR count). The van der Waals surface area contributed by atoms with Crippen molar-refractivity contribution in [3.63, 3.8) is 0 Å². The van der Waals surface area contributed by atoms with Crippen LogP contribution in [0.25, 0.3) is 10.9 Å². The van der Waals surface area contributed by atoms with Gasteiger partial charge in [0.25, 0.3) is 11.2 Å². The number of aromatic nitrogens is 2. The Morgan fingerprint density at radius 3 is 2.69 bits per heavy atom. The Balaban J connectivity index is 1.80. The second kappa shape index (κ2) is 8.62. The smallest absolute Gasteiger partial charge is 0.271 e. The first-order valence-electron chi connectivity index (χ1n) is 8.66. The number of fused-ring (bicyclic) bond motifs is 1. The van der Waals surface area contributed by atoms with E-state index in [1.54, 1.807) is 28.8 Å². The summed E-state index contributed by atoms with van der Waals surface area (Å²) in [5.41, 5.74) is 0.516. The molecule has 1 heterocycles. The Morgan fingerprint density at radius 1 is 1.31 bits per heavy atom. The van der Waals surface area contributed by atoms with Gasteiger partial charge >= 0.3 is 0 Å². The van der Waals surface area contributed by atoms with Gasteiger partial charge in [-0.15, -0.1) is 0 Å². The number of rotatable bonds is 6. The number of para-hydroxylation sites is 1. The van der Waals surface area contributed by atoms with E-state index in [-0.39, 0.29) is 39.7 Å². The van der Waals surface area contributed by atoms with E-state index in [4.69, 9.17) is 11.6 Å². The minimum atomic E-state index is -0.566. The molecule has 10 heteroatoms. The average molecular weight is 433 g/mol. The molecule has 8 nitrogen and oxygen atoms in total. The maximum absolute atomic E-state index is 12.8. The van der Waals surface area contributed by atoms with Crippen LogP contribution in [0.2, 0.25) is 5.02 Å². The number of amides is 1. The van der Waals surface area contributed by atoms with Gasteiger partial charge in [-0.3, -0.25) is 24.3 Å². The van der Waals surface area contributed by atoms with Crippen molar-refractivity contribution in [3.05, 3.63) is 68.0 Å². The van der Waals surface area contributed by atoms with Gasteiger partial charge in [-0.2, -0.15) is 0 Å². The van der Waals surface area contributed by atoms with Crippen LogP contribution in [0.3, 0.4) is 0 Å². The van der Waals surface area contributed by atoms with Crippen LogP contribution in [0.1, 0.15) is 19.9 Å². The predicted octanol–water partition coefficient (Wildman–Crippen LogP) is 4.27. The molecule has 0 aliphatic carbocycles. The molecule has 29 heavy (non-hydrogen) atoms. The second-order valence-corrected chi connectivity index (χ2v) is 7.79. The molecule has 0 aliphatic rings. The molecule has 1 N–H and O–H groups in total. The maximum atomic E-state index is 12.8. The molecule has 0 radical (unpaired) electrons. The van der Waals surface area contributed by atoms with Gasteiger partial charge in [-0.25, -0.2) is 4.98 Å². The third-order valence-corrected chi connectivity index (χ3v) is 5.33. The molecule has 0 atom stereocenters. The Morgan fingerprint density at radius 2 is 2.03 bits per heavy atom. The fourth-order valence-electron chi connectivity index (χ4n) is 2.72. The Hall–Kier alpha value is -2.91. The number of hydrogen-bond donors (Lipinski definition) is 1. The highest BCUT2D eigenvalue weighted by atomic mass is 35.5. The Bertz CT molecular complexity index is 1160. The van der Waals surface area contributed by atoms with Crippen molar-refractivity contribution in [3.8, 4) is 0 Å². The van der Waals surface area contributed by atoms with E-state index >= 15 is 0 Å². The van der Waals surface area contributed by atoms with Crippen LogP contribution < -0.4 is 10.9 Å². The first-order valence-corrected chi connectivity index (χ1v) is 10.0. The number of nitro benzene ring substituents is 1. The van der Waals surface area contributed by atoms with Crippen LogP contribution in [-0.2, 0) is 4.79 Å². The lowest BCUT2D eigenvalue weighted by molar-refractivity contribution is -0.384. The molecule has 0 saturated heterocycles. The molecule has 0 bridgehead atoms. The van der Waals surface area contributed by atoms with Crippen molar-refractivity contribution in [2.75, 3.05) is 11.1 Å². The summed E-state index contributed by atoms with van der Waals surface area (Å²) in [6, 6.07) is 10.7. The molecule has 0 unspecified atom stereocenters. The number of anilines is 1. The standard InChI is InChI=1S/C19H17ClN4O4S/c1-11(2)23-18(26)13-5-3-4-6-15(13)22-19(23)29-10-17(25)21-16-8-7-12(24(27)28)9-14(16)20/h3-9,11H,10H2,1-2H3,(H,21,25). The highest BCUT2D eigenvalue weighted by Crippen LogP contribution is 2.27. The average Bonchev–Trinajstić information content (AvgIpc) is 2.67. The van der Waals surface area contributed by atoms with Gasteiger partial charge in [-0.05, 0) is 32.0 Å². The van der Waals surface area contributed by atoms with Crippen molar-refractivity contribution in [1.82, 2.24) is 9.55 Å².